The summed E-state index contributed by atoms with van der Waals surface area (Å²) in [7, 11) is 6.16. The quantitative estimate of drug-likeness (QED) is 0.766. The van der Waals surface area contributed by atoms with Crippen LogP contribution in [-0.4, -0.2) is 49.1 Å². The van der Waals surface area contributed by atoms with Crippen LogP contribution in [0.5, 0.6) is 0 Å². The Hall–Kier alpha value is -1.20. The van der Waals surface area contributed by atoms with Crippen LogP contribution in [0.1, 0.15) is 5.69 Å². The third kappa shape index (κ3) is 3.75. The van der Waals surface area contributed by atoms with Gasteiger partial charge < -0.3 is 15.5 Å². The Kier molecular flexibility index (Phi) is 4.64. The zero-order valence-corrected chi connectivity index (χ0v) is 10.8. The second-order valence-electron chi connectivity index (χ2n) is 3.99. The van der Waals surface area contributed by atoms with Crippen molar-refractivity contribution in [1.29, 1.82) is 0 Å². The lowest BCUT2D eigenvalue weighted by molar-refractivity contribution is 0.416. The molecule has 1 aromatic rings. The molecule has 1 heterocycles. The Bertz CT molecular complexity index is 348. The number of nitrogens with zero attached hydrogens (tertiary/aromatic N) is 3. The van der Waals surface area contributed by atoms with E-state index < -0.39 is 0 Å². The Morgan fingerprint density at radius 3 is 2.44 bits per heavy atom. The topological polar surface area (TPSA) is 45.4 Å². The molecule has 0 saturated heterocycles. The second-order valence-corrected chi connectivity index (χ2v) is 4.43. The molecule has 0 aromatic carbocycles. The first-order valence-corrected chi connectivity index (χ1v) is 5.53. The van der Waals surface area contributed by atoms with E-state index in [1.54, 1.807) is 6.20 Å². The minimum absolute atomic E-state index is 0.336. The summed E-state index contributed by atoms with van der Waals surface area (Å²) in [6.07, 6.45) is 1.80. The minimum atomic E-state index is 0.336. The van der Waals surface area contributed by atoms with Crippen molar-refractivity contribution in [2.75, 3.05) is 39.1 Å². The molecular formula is C11H18N4S. The molecule has 5 heteroatoms. The van der Waals surface area contributed by atoms with E-state index in [4.69, 9.17) is 18.0 Å². The van der Waals surface area contributed by atoms with Crippen molar-refractivity contribution in [3.8, 4) is 0 Å². The number of pyridine rings is 1. The Morgan fingerprint density at radius 1 is 1.31 bits per heavy atom. The predicted octanol–water partition coefficient (Wildman–Crippen LogP) is 0.714. The standard InChI is InChI=1S/C11H18N4S/c1-14(2)6-7-15(3)9-4-5-10(11(12)16)13-8-9/h4-5,8H,6-7H2,1-3H3,(H2,12,16). The van der Waals surface area contributed by atoms with Gasteiger partial charge in [0.15, 0.2) is 0 Å². The van der Waals surface area contributed by atoms with Crippen LogP contribution in [0, 0.1) is 0 Å². The number of hydrogen-bond donors (Lipinski definition) is 1. The monoisotopic (exact) mass is 238 g/mol. The van der Waals surface area contributed by atoms with E-state index in [0.29, 0.717) is 10.7 Å². The third-order valence-electron chi connectivity index (χ3n) is 2.32. The lowest BCUT2D eigenvalue weighted by Gasteiger charge is -2.21. The maximum Gasteiger partial charge on any atom is 0.122 e. The number of likely N-dealkylation sites (N-methyl/N-ethyl adjacent to an activating group) is 2. The molecule has 0 bridgehead atoms. The average Bonchev–Trinajstić information content (AvgIpc) is 2.26. The van der Waals surface area contributed by atoms with Gasteiger partial charge in [-0.05, 0) is 26.2 Å². The summed E-state index contributed by atoms with van der Waals surface area (Å²) in [5, 5.41) is 0. The molecule has 16 heavy (non-hydrogen) atoms. The summed E-state index contributed by atoms with van der Waals surface area (Å²) < 4.78 is 0. The summed E-state index contributed by atoms with van der Waals surface area (Å²) in [6, 6.07) is 3.83. The highest BCUT2D eigenvalue weighted by Crippen LogP contribution is 2.10. The van der Waals surface area contributed by atoms with Crippen molar-refractivity contribution in [2.45, 2.75) is 0 Å². The zero-order valence-electron chi connectivity index (χ0n) is 9.97. The van der Waals surface area contributed by atoms with Crippen LogP contribution in [0.3, 0.4) is 0 Å². The van der Waals surface area contributed by atoms with Crippen LogP contribution in [0.15, 0.2) is 18.3 Å². The van der Waals surface area contributed by atoms with E-state index in [9.17, 15) is 0 Å². The van der Waals surface area contributed by atoms with E-state index in [-0.39, 0.29) is 0 Å². The van der Waals surface area contributed by atoms with Crippen molar-refractivity contribution >= 4 is 22.9 Å². The fourth-order valence-electron chi connectivity index (χ4n) is 1.24. The molecule has 1 rings (SSSR count). The van der Waals surface area contributed by atoms with Crippen molar-refractivity contribution in [1.82, 2.24) is 9.88 Å². The summed E-state index contributed by atoms with van der Waals surface area (Å²) in [4.78, 5) is 8.84. The Morgan fingerprint density at radius 2 is 2.00 bits per heavy atom. The fraction of sp³-hybridized carbons (Fsp3) is 0.455. The van der Waals surface area contributed by atoms with E-state index >= 15 is 0 Å². The molecule has 4 nitrogen and oxygen atoms in total. The average molecular weight is 238 g/mol. The molecule has 0 saturated carbocycles. The lowest BCUT2D eigenvalue weighted by atomic mass is 10.3. The third-order valence-corrected chi connectivity index (χ3v) is 2.53. The first-order valence-electron chi connectivity index (χ1n) is 5.12. The number of thiocarbonyl (C=S) groups is 1. The van der Waals surface area contributed by atoms with E-state index in [2.05, 4.69) is 28.9 Å². The number of hydrogen-bond acceptors (Lipinski definition) is 4. The van der Waals surface area contributed by atoms with E-state index in [1.807, 2.05) is 19.2 Å². The van der Waals surface area contributed by atoms with Gasteiger partial charge in [-0.1, -0.05) is 12.2 Å². The van der Waals surface area contributed by atoms with E-state index in [0.717, 1.165) is 18.8 Å². The van der Waals surface area contributed by atoms with E-state index in [1.165, 1.54) is 0 Å². The highest BCUT2D eigenvalue weighted by atomic mass is 32.1. The second kappa shape index (κ2) is 5.77. The molecule has 2 N–H and O–H groups in total. The highest BCUT2D eigenvalue weighted by Gasteiger charge is 2.03. The Balaban J connectivity index is 2.63. The minimum Gasteiger partial charge on any atom is -0.388 e. The first-order chi connectivity index (χ1) is 7.50. The molecule has 0 fully saturated rings. The first kappa shape index (κ1) is 12.9. The van der Waals surface area contributed by atoms with Crippen LogP contribution in [-0.2, 0) is 0 Å². The van der Waals surface area contributed by atoms with Crippen LogP contribution in [0.2, 0.25) is 0 Å². The SMILES string of the molecule is CN(C)CCN(C)c1ccc(C(N)=S)nc1. The van der Waals surface area contributed by atoms with Gasteiger partial charge >= 0.3 is 0 Å². The number of nitrogens with two attached hydrogens (primary N) is 1. The molecule has 88 valence electrons. The van der Waals surface area contributed by atoms with Crippen molar-refractivity contribution < 1.29 is 0 Å². The molecule has 0 aliphatic rings. The summed E-state index contributed by atoms with van der Waals surface area (Å²) in [5.41, 5.74) is 7.22. The van der Waals surface area contributed by atoms with Gasteiger partial charge in [-0.25, -0.2) is 0 Å². The van der Waals surface area contributed by atoms with Gasteiger partial charge in [0, 0.05) is 20.1 Å². The van der Waals surface area contributed by atoms with Crippen LogP contribution >= 0.6 is 12.2 Å². The highest BCUT2D eigenvalue weighted by molar-refractivity contribution is 7.80. The molecular weight excluding hydrogens is 220 g/mol. The van der Waals surface area contributed by atoms with Gasteiger partial charge in [0.25, 0.3) is 0 Å². The molecule has 1 aromatic heterocycles. The molecule has 0 amide bonds. The van der Waals surface area contributed by atoms with Gasteiger partial charge in [-0.15, -0.1) is 0 Å². The largest absolute Gasteiger partial charge is 0.388 e. The summed E-state index contributed by atoms with van der Waals surface area (Å²) in [6.45, 7) is 1.97. The Labute approximate surface area is 102 Å². The van der Waals surface area contributed by atoms with Gasteiger partial charge in [0.05, 0.1) is 17.6 Å². The normalized spacial score (nSPS) is 10.5. The lowest BCUT2D eigenvalue weighted by Crippen LogP contribution is -2.28. The molecule has 0 unspecified atom stereocenters. The van der Waals surface area contributed by atoms with Crippen LogP contribution in [0.4, 0.5) is 5.69 Å². The van der Waals surface area contributed by atoms with Gasteiger partial charge in [0.2, 0.25) is 0 Å². The maximum absolute atomic E-state index is 5.49. The van der Waals surface area contributed by atoms with Crippen molar-refractivity contribution in [2.24, 2.45) is 5.73 Å². The predicted molar refractivity (Wildman–Crippen MR) is 71.9 cm³/mol. The molecule has 0 radical (unpaired) electrons. The smallest absolute Gasteiger partial charge is 0.122 e. The van der Waals surface area contributed by atoms with Gasteiger partial charge in [-0.3, -0.25) is 4.98 Å². The van der Waals surface area contributed by atoms with Crippen LogP contribution in [0.25, 0.3) is 0 Å². The zero-order chi connectivity index (χ0) is 12.1. The molecule has 0 aliphatic heterocycles. The van der Waals surface area contributed by atoms with Gasteiger partial charge in [-0.2, -0.15) is 0 Å². The number of rotatable bonds is 5. The van der Waals surface area contributed by atoms with Crippen molar-refractivity contribution in [3.05, 3.63) is 24.0 Å². The number of aromatic nitrogens is 1. The summed E-state index contributed by atoms with van der Waals surface area (Å²) >= 11 is 4.85. The van der Waals surface area contributed by atoms with Crippen LogP contribution < -0.4 is 10.6 Å². The number of anilines is 1. The molecule has 0 atom stereocenters. The molecule has 0 aliphatic carbocycles. The van der Waals surface area contributed by atoms with Gasteiger partial charge in [0.1, 0.15) is 4.99 Å². The van der Waals surface area contributed by atoms with Crippen molar-refractivity contribution in [3.63, 3.8) is 0 Å². The fourth-order valence-corrected chi connectivity index (χ4v) is 1.36. The maximum atomic E-state index is 5.49. The summed E-state index contributed by atoms with van der Waals surface area (Å²) in [5.74, 6) is 0. The molecule has 0 spiro atoms.